The van der Waals surface area contributed by atoms with Crippen molar-refractivity contribution in [1.82, 2.24) is 5.32 Å². The number of rotatable bonds is 4. The second kappa shape index (κ2) is 6.43. The van der Waals surface area contributed by atoms with Crippen LogP contribution < -0.4 is 10.6 Å². The molecule has 84 valence electrons. The molecule has 0 aliphatic heterocycles. The van der Waals surface area contributed by atoms with E-state index in [0.717, 1.165) is 5.56 Å². The molecule has 0 aliphatic rings. The third kappa shape index (κ3) is 3.98. The number of hydrogen-bond donors (Lipinski definition) is 3. The lowest BCUT2D eigenvalue weighted by atomic mass is 10.1. The minimum absolute atomic E-state index is 0.0888. The fraction of sp³-hybridized carbons (Fsp3) is 0.273. The number of aliphatic hydroxyl groups excluding tert-OH is 1. The largest absolute Gasteiger partial charge is 0.395 e. The molecule has 0 spiro atoms. The van der Waals surface area contributed by atoms with Crippen LogP contribution in [0.5, 0.6) is 0 Å². The van der Waals surface area contributed by atoms with Gasteiger partial charge in [-0.05, 0) is 17.7 Å². The fourth-order valence-corrected chi connectivity index (χ4v) is 1.14. The van der Waals surface area contributed by atoms with Gasteiger partial charge in [-0.3, -0.25) is 0 Å². The molecule has 0 radical (unpaired) electrons. The van der Waals surface area contributed by atoms with Gasteiger partial charge in [0.2, 0.25) is 0 Å². The van der Waals surface area contributed by atoms with Gasteiger partial charge in [0.05, 0.1) is 19.1 Å². The molecule has 0 bridgehead atoms. The molecule has 0 saturated carbocycles. The predicted octanol–water partition coefficient (Wildman–Crippen LogP) is 0.866. The summed E-state index contributed by atoms with van der Waals surface area (Å²) in [6.07, 6.45) is 0.358. The van der Waals surface area contributed by atoms with E-state index in [1.807, 2.05) is 6.07 Å². The Kier molecular flexibility index (Phi) is 4.83. The lowest BCUT2D eigenvalue weighted by molar-refractivity contribution is 0.245. The van der Waals surface area contributed by atoms with Gasteiger partial charge < -0.3 is 15.7 Å². The molecule has 0 aliphatic carbocycles. The second-order valence-corrected chi connectivity index (χ2v) is 3.14. The normalized spacial score (nSPS) is 9.25. The van der Waals surface area contributed by atoms with E-state index in [-0.39, 0.29) is 19.2 Å². The van der Waals surface area contributed by atoms with Crippen LogP contribution in [0, 0.1) is 11.3 Å². The Hall–Kier alpha value is -2.06. The number of carbonyl (C=O) groups is 1. The molecule has 5 nitrogen and oxygen atoms in total. The van der Waals surface area contributed by atoms with Crippen LogP contribution in [-0.2, 0) is 6.42 Å². The highest BCUT2D eigenvalue weighted by atomic mass is 16.3. The number of nitrogens with zero attached hydrogens (tertiary/aromatic N) is 1. The number of amides is 2. The van der Waals surface area contributed by atoms with Crippen LogP contribution in [0.3, 0.4) is 0 Å². The molecule has 16 heavy (non-hydrogen) atoms. The van der Waals surface area contributed by atoms with Gasteiger partial charge in [-0.1, -0.05) is 12.1 Å². The quantitative estimate of drug-likeness (QED) is 0.702. The molecule has 0 atom stereocenters. The summed E-state index contributed by atoms with van der Waals surface area (Å²) in [7, 11) is 0. The number of anilines is 1. The van der Waals surface area contributed by atoms with Crippen molar-refractivity contribution in [1.29, 1.82) is 5.26 Å². The van der Waals surface area contributed by atoms with Crippen LogP contribution in [-0.4, -0.2) is 24.3 Å². The van der Waals surface area contributed by atoms with E-state index in [1.54, 1.807) is 24.3 Å². The van der Waals surface area contributed by atoms with Crippen molar-refractivity contribution < 1.29 is 9.90 Å². The third-order valence-electron chi connectivity index (χ3n) is 1.89. The molecule has 0 aromatic heterocycles. The number of urea groups is 1. The van der Waals surface area contributed by atoms with Crippen molar-refractivity contribution in [3.8, 4) is 6.07 Å². The highest BCUT2D eigenvalue weighted by Gasteiger charge is 2.00. The maximum absolute atomic E-state index is 11.2. The minimum Gasteiger partial charge on any atom is -0.395 e. The molecule has 2 amide bonds. The standard InChI is InChI=1S/C11H13N3O2/c12-6-5-9-1-3-10(4-2-9)14-11(16)13-7-8-15/h1-4,15H,5,7-8H2,(H2,13,14,16). The van der Waals surface area contributed by atoms with Crippen LogP contribution in [0.2, 0.25) is 0 Å². The first-order valence-electron chi connectivity index (χ1n) is 4.88. The molecule has 3 N–H and O–H groups in total. The highest BCUT2D eigenvalue weighted by molar-refractivity contribution is 5.89. The molecule has 1 aromatic carbocycles. The van der Waals surface area contributed by atoms with Crippen molar-refractivity contribution >= 4 is 11.7 Å². The molecule has 0 fully saturated rings. The lowest BCUT2D eigenvalue weighted by Crippen LogP contribution is -2.30. The number of aliphatic hydroxyl groups is 1. The van der Waals surface area contributed by atoms with Crippen molar-refractivity contribution in [2.45, 2.75) is 6.42 Å². The zero-order valence-electron chi connectivity index (χ0n) is 8.73. The average molecular weight is 219 g/mol. The monoisotopic (exact) mass is 219 g/mol. The Balaban J connectivity index is 2.49. The molecule has 0 unspecified atom stereocenters. The topological polar surface area (TPSA) is 85.2 Å². The smallest absolute Gasteiger partial charge is 0.319 e. The zero-order valence-corrected chi connectivity index (χ0v) is 8.73. The Labute approximate surface area is 93.7 Å². The van der Waals surface area contributed by atoms with E-state index in [0.29, 0.717) is 12.1 Å². The summed E-state index contributed by atoms with van der Waals surface area (Å²) in [5, 5.41) is 22.1. The Morgan fingerprint density at radius 3 is 2.62 bits per heavy atom. The molecule has 5 heteroatoms. The van der Waals surface area contributed by atoms with Gasteiger partial charge in [-0.15, -0.1) is 0 Å². The summed E-state index contributed by atoms with van der Waals surface area (Å²) in [4.78, 5) is 11.2. The average Bonchev–Trinajstić information content (AvgIpc) is 2.29. The van der Waals surface area contributed by atoms with Gasteiger partial charge in [0.15, 0.2) is 0 Å². The van der Waals surface area contributed by atoms with E-state index in [4.69, 9.17) is 10.4 Å². The second-order valence-electron chi connectivity index (χ2n) is 3.14. The fourth-order valence-electron chi connectivity index (χ4n) is 1.14. The van der Waals surface area contributed by atoms with E-state index in [1.165, 1.54) is 0 Å². The van der Waals surface area contributed by atoms with Crippen LogP contribution in [0.15, 0.2) is 24.3 Å². The highest BCUT2D eigenvalue weighted by Crippen LogP contribution is 2.09. The Bertz CT molecular complexity index is 381. The summed E-state index contributed by atoms with van der Waals surface area (Å²) in [6.45, 7) is 0.132. The lowest BCUT2D eigenvalue weighted by Gasteiger charge is -2.06. The first kappa shape index (κ1) is 12.0. The summed E-state index contributed by atoms with van der Waals surface area (Å²) >= 11 is 0. The maximum atomic E-state index is 11.2. The third-order valence-corrected chi connectivity index (χ3v) is 1.89. The first-order chi connectivity index (χ1) is 7.76. The Morgan fingerprint density at radius 2 is 2.06 bits per heavy atom. The minimum atomic E-state index is -0.359. The van der Waals surface area contributed by atoms with Gasteiger partial charge in [0, 0.05) is 12.2 Å². The van der Waals surface area contributed by atoms with Crippen LogP contribution in [0.4, 0.5) is 10.5 Å². The van der Waals surface area contributed by atoms with Crippen LogP contribution in [0.25, 0.3) is 0 Å². The number of nitrogens with one attached hydrogen (secondary N) is 2. The molecular weight excluding hydrogens is 206 g/mol. The SMILES string of the molecule is N#CCc1ccc(NC(=O)NCCO)cc1. The van der Waals surface area contributed by atoms with Crippen molar-refractivity contribution in [3.63, 3.8) is 0 Å². The van der Waals surface area contributed by atoms with Crippen LogP contribution >= 0.6 is 0 Å². The van der Waals surface area contributed by atoms with Crippen molar-refractivity contribution in [2.24, 2.45) is 0 Å². The van der Waals surface area contributed by atoms with Crippen LogP contribution in [0.1, 0.15) is 5.56 Å². The zero-order chi connectivity index (χ0) is 11.8. The van der Waals surface area contributed by atoms with Gasteiger partial charge >= 0.3 is 6.03 Å². The van der Waals surface area contributed by atoms with Gasteiger partial charge in [0.1, 0.15) is 0 Å². The van der Waals surface area contributed by atoms with E-state index < -0.39 is 0 Å². The van der Waals surface area contributed by atoms with Gasteiger partial charge in [-0.25, -0.2) is 4.79 Å². The van der Waals surface area contributed by atoms with Gasteiger partial charge in [0.25, 0.3) is 0 Å². The first-order valence-corrected chi connectivity index (χ1v) is 4.88. The molecule has 0 saturated heterocycles. The molecular formula is C11H13N3O2. The number of nitriles is 1. The summed E-state index contributed by atoms with van der Waals surface area (Å²) in [6, 6.07) is 8.71. The van der Waals surface area contributed by atoms with E-state index >= 15 is 0 Å². The van der Waals surface area contributed by atoms with E-state index in [9.17, 15) is 4.79 Å². The maximum Gasteiger partial charge on any atom is 0.319 e. The number of benzene rings is 1. The number of hydrogen-bond acceptors (Lipinski definition) is 3. The number of carbonyl (C=O) groups excluding carboxylic acids is 1. The molecule has 1 aromatic rings. The Morgan fingerprint density at radius 1 is 1.38 bits per heavy atom. The van der Waals surface area contributed by atoms with Gasteiger partial charge in [-0.2, -0.15) is 5.26 Å². The molecule has 1 rings (SSSR count). The summed E-state index contributed by atoms with van der Waals surface area (Å²) in [5.41, 5.74) is 1.56. The summed E-state index contributed by atoms with van der Waals surface area (Å²) in [5.74, 6) is 0. The predicted molar refractivity (Wildman–Crippen MR) is 59.9 cm³/mol. The molecule has 0 heterocycles. The van der Waals surface area contributed by atoms with Crippen molar-refractivity contribution in [2.75, 3.05) is 18.5 Å². The summed E-state index contributed by atoms with van der Waals surface area (Å²) < 4.78 is 0. The van der Waals surface area contributed by atoms with E-state index in [2.05, 4.69) is 10.6 Å². The van der Waals surface area contributed by atoms with Crippen molar-refractivity contribution in [3.05, 3.63) is 29.8 Å².